The Labute approximate surface area is 118 Å². The molecule has 0 aliphatic carbocycles. The summed E-state index contributed by atoms with van der Waals surface area (Å²) in [5, 5.41) is 12.7. The van der Waals surface area contributed by atoms with Crippen LogP contribution in [0.5, 0.6) is 5.75 Å². The average molecular weight is 287 g/mol. The molecular weight excluding hydrogens is 265 g/mol. The monoisotopic (exact) mass is 287 g/mol. The van der Waals surface area contributed by atoms with Crippen molar-refractivity contribution in [1.29, 1.82) is 0 Å². The van der Waals surface area contributed by atoms with Crippen LogP contribution in [0.25, 0.3) is 0 Å². The zero-order valence-corrected chi connectivity index (χ0v) is 11.9. The van der Waals surface area contributed by atoms with Gasteiger partial charge in [-0.05, 0) is 18.2 Å². The van der Waals surface area contributed by atoms with E-state index in [0.717, 1.165) is 0 Å². The van der Waals surface area contributed by atoms with Crippen molar-refractivity contribution in [3.63, 3.8) is 0 Å². The van der Waals surface area contributed by atoms with Gasteiger partial charge in [-0.3, -0.25) is 0 Å². The highest BCUT2D eigenvalue weighted by Crippen LogP contribution is 2.19. The Balaban J connectivity index is 2.55. The van der Waals surface area contributed by atoms with E-state index >= 15 is 0 Å². The van der Waals surface area contributed by atoms with Gasteiger partial charge in [0, 0.05) is 32.9 Å². The van der Waals surface area contributed by atoms with Gasteiger partial charge in [0.05, 0.1) is 13.2 Å². The second-order valence-corrected chi connectivity index (χ2v) is 4.34. The summed E-state index contributed by atoms with van der Waals surface area (Å²) in [5.74, 6) is 0.227. The first-order chi connectivity index (χ1) is 9.67. The first-order valence-electron chi connectivity index (χ1n) is 6.45. The number of aliphatic hydroxyl groups is 1. The van der Waals surface area contributed by atoms with Gasteiger partial charge in [0.15, 0.2) is 0 Å². The molecule has 0 spiro atoms. The van der Waals surface area contributed by atoms with E-state index in [1.54, 1.807) is 13.2 Å². The molecule has 1 rings (SSSR count). The van der Waals surface area contributed by atoms with Crippen LogP contribution in [0.4, 0.5) is 4.39 Å². The zero-order chi connectivity index (χ0) is 14.8. The van der Waals surface area contributed by atoms with Gasteiger partial charge >= 0.3 is 0 Å². The molecule has 0 heterocycles. The van der Waals surface area contributed by atoms with Crippen molar-refractivity contribution in [2.45, 2.75) is 12.6 Å². The van der Waals surface area contributed by atoms with Gasteiger partial charge in [-0.15, -0.1) is 0 Å². The molecule has 0 aliphatic rings. The van der Waals surface area contributed by atoms with Crippen LogP contribution >= 0.6 is 0 Å². The minimum Gasteiger partial charge on any atom is -0.490 e. The largest absolute Gasteiger partial charge is 0.490 e. The van der Waals surface area contributed by atoms with E-state index in [1.807, 2.05) is 0 Å². The first-order valence-corrected chi connectivity index (χ1v) is 6.45. The predicted octanol–water partition coefficient (Wildman–Crippen LogP) is 0.948. The second-order valence-electron chi connectivity index (χ2n) is 4.34. The SMILES string of the molecule is COCCNCc1cc(F)ccc1OCC(O)COC. The molecule has 1 atom stereocenters. The predicted molar refractivity (Wildman–Crippen MR) is 73.4 cm³/mol. The topological polar surface area (TPSA) is 60.0 Å². The molecule has 5 nitrogen and oxygen atoms in total. The number of halogens is 1. The van der Waals surface area contributed by atoms with Crippen molar-refractivity contribution in [1.82, 2.24) is 5.32 Å². The maximum Gasteiger partial charge on any atom is 0.124 e. The molecule has 0 bridgehead atoms. The quantitative estimate of drug-likeness (QED) is 0.627. The van der Waals surface area contributed by atoms with Gasteiger partial charge in [-0.1, -0.05) is 0 Å². The van der Waals surface area contributed by atoms with E-state index in [4.69, 9.17) is 14.2 Å². The Bertz CT molecular complexity index is 389. The van der Waals surface area contributed by atoms with E-state index in [2.05, 4.69) is 5.32 Å². The molecule has 0 saturated carbocycles. The smallest absolute Gasteiger partial charge is 0.124 e. The summed E-state index contributed by atoms with van der Waals surface area (Å²) >= 11 is 0. The van der Waals surface area contributed by atoms with Crippen molar-refractivity contribution in [3.8, 4) is 5.75 Å². The first kappa shape index (κ1) is 16.8. The van der Waals surface area contributed by atoms with E-state index in [9.17, 15) is 9.50 Å². The third-order valence-electron chi connectivity index (χ3n) is 2.61. The lowest BCUT2D eigenvalue weighted by molar-refractivity contribution is 0.0323. The standard InChI is InChI=1S/C14H22FNO4/c1-18-6-5-16-8-11-7-12(15)3-4-14(11)20-10-13(17)9-19-2/h3-4,7,13,16-17H,5-6,8-10H2,1-2H3. The van der Waals surface area contributed by atoms with Crippen molar-refractivity contribution in [2.24, 2.45) is 0 Å². The van der Waals surface area contributed by atoms with Crippen LogP contribution in [0, 0.1) is 5.82 Å². The lowest BCUT2D eigenvalue weighted by Gasteiger charge is -2.15. The molecule has 1 unspecified atom stereocenters. The number of hydrogen-bond donors (Lipinski definition) is 2. The summed E-state index contributed by atoms with van der Waals surface area (Å²) in [6.07, 6.45) is -0.709. The molecule has 1 aromatic carbocycles. The van der Waals surface area contributed by atoms with Gasteiger partial charge in [0.1, 0.15) is 24.3 Å². The molecule has 6 heteroatoms. The molecule has 1 aromatic rings. The summed E-state index contributed by atoms with van der Waals surface area (Å²) in [6, 6.07) is 4.30. The second kappa shape index (κ2) is 9.66. The van der Waals surface area contributed by atoms with Crippen molar-refractivity contribution in [2.75, 3.05) is 40.6 Å². The van der Waals surface area contributed by atoms with Crippen molar-refractivity contribution in [3.05, 3.63) is 29.6 Å². The summed E-state index contributed by atoms with van der Waals surface area (Å²) in [6.45, 7) is 2.01. The zero-order valence-electron chi connectivity index (χ0n) is 11.9. The third-order valence-corrected chi connectivity index (χ3v) is 2.61. The number of ether oxygens (including phenoxy) is 3. The number of aliphatic hydroxyl groups excluding tert-OH is 1. The van der Waals surface area contributed by atoms with Crippen LogP contribution in [0.2, 0.25) is 0 Å². The van der Waals surface area contributed by atoms with E-state index in [1.165, 1.54) is 19.2 Å². The Kier molecular flexibility index (Phi) is 8.13. The van der Waals surface area contributed by atoms with Crippen molar-refractivity contribution >= 4 is 0 Å². The number of nitrogens with one attached hydrogen (secondary N) is 1. The highest BCUT2D eigenvalue weighted by molar-refractivity contribution is 5.34. The minimum atomic E-state index is -0.709. The van der Waals surface area contributed by atoms with Gasteiger partial charge in [-0.25, -0.2) is 4.39 Å². The molecule has 0 saturated heterocycles. The summed E-state index contributed by atoms with van der Waals surface area (Å²) in [4.78, 5) is 0. The maximum atomic E-state index is 13.3. The molecule has 0 aliphatic heterocycles. The Morgan fingerprint density at radius 3 is 2.75 bits per heavy atom. The van der Waals surface area contributed by atoms with Crippen LogP contribution in [0.15, 0.2) is 18.2 Å². The van der Waals surface area contributed by atoms with Crippen LogP contribution in [0.1, 0.15) is 5.56 Å². The number of methoxy groups -OCH3 is 2. The Morgan fingerprint density at radius 2 is 2.05 bits per heavy atom. The fourth-order valence-electron chi connectivity index (χ4n) is 1.65. The number of benzene rings is 1. The lowest BCUT2D eigenvalue weighted by Crippen LogP contribution is -2.24. The molecule has 0 aromatic heterocycles. The van der Waals surface area contributed by atoms with Gasteiger partial charge in [-0.2, -0.15) is 0 Å². The third kappa shape index (κ3) is 6.29. The highest BCUT2D eigenvalue weighted by Gasteiger charge is 2.09. The number of rotatable bonds is 10. The molecule has 0 radical (unpaired) electrons. The minimum absolute atomic E-state index is 0.102. The maximum absolute atomic E-state index is 13.3. The molecule has 2 N–H and O–H groups in total. The molecule has 0 fully saturated rings. The van der Waals surface area contributed by atoms with Gasteiger partial charge < -0.3 is 24.6 Å². The highest BCUT2D eigenvalue weighted by atomic mass is 19.1. The van der Waals surface area contributed by atoms with Gasteiger partial charge in [0.2, 0.25) is 0 Å². The molecular formula is C14H22FNO4. The lowest BCUT2D eigenvalue weighted by atomic mass is 10.2. The number of hydrogen-bond acceptors (Lipinski definition) is 5. The normalized spacial score (nSPS) is 12.4. The Morgan fingerprint density at radius 1 is 1.25 bits per heavy atom. The van der Waals surface area contributed by atoms with Crippen LogP contribution in [-0.4, -0.2) is 51.8 Å². The average Bonchev–Trinajstić information content (AvgIpc) is 2.43. The Hall–Kier alpha value is -1.21. The summed E-state index contributed by atoms with van der Waals surface area (Å²) in [5.41, 5.74) is 0.700. The molecule has 20 heavy (non-hydrogen) atoms. The fourth-order valence-corrected chi connectivity index (χ4v) is 1.65. The van der Waals surface area contributed by atoms with Crippen molar-refractivity contribution < 1.29 is 23.7 Å². The molecule has 0 amide bonds. The summed E-state index contributed by atoms with van der Waals surface area (Å²) in [7, 11) is 3.13. The van der Waals surface area contributed by atoms with E-state index < -0.39 is 6.10 Å². The van der Waals surface area contributed by atoms with Crippen LogP contribution in [-0.2, 0) is 16.0 Å². The fraction of sp³-hybridized carbons (Fsp3) is 0.571. The van der Waals surface area contributed by atoms with Crippen LogP contribution < -0.4 is 10.1 Å². The van der Waals surface area contributed by atoms with Gasteiger partial charge in [0.25, 0.3) is 0 Å². The van der Waals surface area contributed by atoms with Crippen LogP contribution in [0.3, 0.4) is 0 Å². The summed E-state index contributed by atoms with van der Waals surface area (Å²) < 4.78 is 28.5. The van der Waals surface area contributed by atoms with E-state index in [-0.39, 0.29) is 19.0 Å². The molecule has 114 valence electrons. The van der Waals surface area contributed by atoms with E-state index in [0.29, 0.717) is 31.0 Å².